The van der Waals surface area contributed by atoms with Crippen molar-refractivity contribution >= 4 is 0 Å². The molecule has 0 bridgehead atoms. The molecule has 0 aliphatic heterocycles. The first-order valence-corrected chi connectivity index (χ1v) is 8.34. The monoisotopic (exact) mass is 238 g/mol. The quantitative estimate of drug-likeness (QED) is 0.342. The van der Waals surface area contributed by atoms with Gasteiger partial charge in [0.1, 0.15) is 0 Å². The van der Waals surface area contributed by atoms with Crippen molar-refractivity contribution in [3.05, 3.63) is 0 Å². The number of rotatable bonds is 8. The summed E-state index contributed by atoms with van der Waals surface area (Å²) in [7, 11) is 0. The van der Waals surface area contributed by atoms with E-state index in [1.54, 1.807) is 0 Å². The van der Waals surface area contributed by atoms with Crippen molar-refractivity contribution in [2.24, 2.45) is 11.8 Å². The Hall–Kier alpha value is 0. The molecular weight excluding hydrogens is 204 g/mol. The predicted molar refractivity (Wildman–Crippen MR) is 78.3 cm³/mol. The van der Waals surface area contributed by atoms with E-state index < -0.39 is 0 Å². The van der Waals surface area contributed by atoms with E-state index in [9.17, 15) is 0 Å². The molecule has 2 atom stereocenters. The van der Waals surface area contributed by atoms with Crippen LogP contribution < -0.4 is 0 Å². The van der Waals surface area contributed by atoms with E-state index in [0.29, 0.717) is 0 Å². The van der Waals surface area contributed by atoms with Crippen LogP contribution in [0.4, 0.5) is 0 Å². The van der Waals surface area contributed by atoms with Crippen LogP contribution in [0.1, 0.15) is 97.3 Å². The summed E-state index contributed by atoms with van der Waals surface area (Å²) in [6.45, 7) is 4.80. The zero-order valence-electron chi connectivity index (χ0n) is 12.3. The fourth-order valence-corrected chi connectivity index (χ4v) is 3.36. The standard InChI is InChI=1S/C17H34/c1-3-4-5-6-7-8-11-14-17-15-12-9-10-13-16(17)2/h16-17H,3-15H2,1-2H3. The van der Waals surface area contributed by atoms with Crippen LogP contribution in [0.2, 0.25) is 0 Å². The van der Waals surface area contributed by atoms with Crippen molar-refractivity contribution in [1.82, 2.24) is 0 Å². The summed E-state index contributed by atoms with van der Waals surface area (Å²) < 4.78 is 0. The van der Waals surface area contributed by atoms with Gasteiger partial charge in [-0.3, -0.25) is 0 Å². The Kier molecular flexibility index (Phi) is 8.83. The summed E-state index contributed by atoms with van der Waals surface area (Å²) >= 11 is 0. The van der Waals surface area contributed by atoms with E-state index in [1.165, 1.54) is 83.5 Å². The van der Waals surface area contributed by atoms with Crippen molar-refractivity contribution in [3.8, 4) is 0 Å². The Morgan fingerprint density at radius 3 is 2.18 bits per heavy atom. The van der Waals surface area contributed by atoms with Crippen LogP contribution in [-0.4, -0.2) is 0 Å². The SMILES string of the molecule is CCCCCCCCCC1CCCCCC1C. The molecule has 0 radical (unpaired) electrons. The Morgan fingerprint density at radius 1 is 0.765 bits per heavy atom. The van der Waals surface area contributed by atoms with E-state index in [-0.39, 0.29) is 0 Å². The minimum absolute atomic E-state index is 1.01. The van der Waals surface area contributed by atoms with Gasteiger partial charge in [-0.2, -0.15) is 0 Å². The molecule has 1 saturated carbocycles. The van der Waals surface area contributed by atoms with Gasteiger partial charge in [0.05, 0.1) is 0 Å². The van der Waals surface area contributed by atoms with Gasteiger partial charge in [-0.05, 0) is 11.8 Å². The first-order chi connectivity index (χ1) is 8.34. The normalized spacial score (nSPS) is 25.8. The Balaban J connectivity index is 1.97. The van der Waals surface area contributed by atoms with Gasteiger partial charge < -0.3 is 0 Å². The molecule has 0 saturated heterocycles. The molecule has 102 valence electrons. The molecule has 0 aromatic heterocycles. The van der Waals surface area contributed by atoms with E-state index in [0.717, 1.165) is 11.8 Å². The fourth-order valence-electron chi connectivity index (χ4n) is 3.36. The highest BCUT2D eigenvalue weighted by atomic mass is 14.2. The molecule has 0 heteroatoms. The maximum atomic E-state index is 2.50. The predicted octanol–water partition coefficient (Wildman–Crippen LogP) is 6.34. The Labute approximate surface area is 110 Å². The molecule has 0 amide bonds. The largest absolute Gasteiger partial charge is 0.0654 e. The van der Waals surface area contributed by atoms with Gasteiger partial charge in [0, 0.05) is 0 Å². The van der Waals surface area contributed by atoms with Gasteiger partial charge in [0.25, 0.3) is 0 Å². The Morgan fingerprint density at radius 2 is 1.41 bits per heavy atom. The summed E-state index contributed by atoms with van der Waals surface area (Å²) in [5, 5.41) is 0. The first-order valence-electron chi connectivity index (χ1n) is 8.34. The van der Waals surface area contributed by atoms with Crippen molar-refractivity contribution in [1.29, 1.82) is 0 Å². The average molecular weight is 238 g/mol. The van der Waals surface area contributed by atoms with Gasteiger partial charge in [0.15, 0.2) is 0 Å². The molecule has 0 nitrogen and oxygen atoms in total. The van der Waals surface area contributed by atoms with Gasteiger partial charge in [-0.25, -0.2) is 0 Å². The highest BCUT2D eigenvalue weighted by molar-refractivity contribution is 4.70. The minimum atomic E-state index is 1.01. The van der Waals surface area contributed by atoms with Crippen LogP contribution in [0.3, 0.4) is 0 Å². The molecule has 1 aliphatic carbocycles. The lowest BCUT2D eigenvalue weighted by atomic mass is 9.85. The lowest BCUT2D eigenvalue weighted by Crippen LogP contribution is -2.09. The summed E-state index contributed by atoms with van der Waals surface area (Å²) in [4.78, 5) is 0. The van der Waals surface area contributed by atoms with Crippen LogP contribution in [-0.2, 0) is 0 Å². The third-order valence-corrected chi connectivity index (χ3v) is 4.72. The first kappa shape index (κ1) is 15.1. The van der Waals surface area contributed by atoms with Crippen LogP contribution in [0.25, 0.3) is 0 Å². The van der Waals surface area contributed by atoms with Crippen molar-refractivity contribution < 1.29 is 0 Å². The fraction of sp³-hybridized carbons (Fsp3) is 1.00. The maximum absolute atomic E-state index is 2.50. The smallest absolute Gasteiger partial charge is 0.0388 e. The second-order valence-corrected chi connectivity index (χ2v) is 6.29. The van der Waals surface area contributed by atoms with Crippen LogP contribution in [0, 0.1) is 11.8 Å². The zero-order chi connectivity index (χ0) is 12.3. The lowest BCUT2D eigenvalue weighted by Gasteiger charge is -2.21. The molecule has 1 rings (SSSR count). The molecular formula is C17H34. The third-order valence-electron chi connectivity index (χ3n) is 4.72. The van der Waals surface area contributed by atoms with E-state index in [2.05, 4.69) is 13.8 Å². The second kappa shape index (κ2) is 9.97. The molecule has 0 heterocycles. The molecule has 0 aromatic rings. The molecule has 1 aliphatic rings. The van der Waals surface area contributed by atoms with Crippen LogP contribution in [0.15, 0.2) is 0 Å². The van der Waals surface area contributed by atoms with Crippen molar-refractivity contribution in [3.63, 3.8) is 0 Å². The summed E-state index contributed by atoms with van der Waals surface area (Å²) in [5.41, 5.74) is 0. The molecule has 1 fully saturated rings. The van der Waals surface area contributed by atoms with Crippen molar-refractivity contribution in [2.45, 2.75) is 97.3 Å². The minimum Gasteiger partial charge on any atom is -0.0654 e. The molecule has 2 unspecified atom stereocenters. The van der Waals surface area contributed by atoms with E-state index in [4.69, 9.17) is 0 Å². The maximum Gasteiger partial charge on any atom is -0.0388 e. The Bertz CT molecular complexity index is 161. The average Bonchev–Trinajstić information content (AvgIpc) is 2.53. The van der Waals surface area contributed by atoms with Crippen LogP contribution >= 0.6 is 0 Å². The highest BCUT2D eigenvalue weighted by Crippen LogP contribution is 2.32. The number of hydrogen-bond acceptors (Lipinski definition) is 0. The third kappa shape index (κ3) is 7.11. The molecule has 0 N–H and O–H groups in total. The summed E-state index contributed by atoms with van der Waals surface area (Å²) in [6, 6.07) is 0. The highest BCUT2D eigenvalue weighted by Gasteiger charge is 2.18. The summed E-state index contributed by atoms with van der Waals surface area (Å²) in [6.07, 6.45) is 19.3. The molecule has 0 aromatic carbocycles. The van der Waals surface area contributed by atoms with Gasteiger partial charge >= 0.3 is 0 Å². The summed E-state index contributed by atoms with van der Waals surface area (Å²) in [5.74, 6) is 2.07. The second-order valence-electron chi connectivity index (χ2n) is 6.29. The lowest BCUT2D eigenvalue weighted by molar-refractivity contribution is 0.306. The van der Waals surface area contributed by atoms with E-state index in [1.807, 2.05) is 0 Å². The number of hydrogen-bond donors (Lipinski definition) is 0. The zero-order valence-corrected chi connectivity index (χ0v) is 12.3. The topological polar surface area (TPSA) is 0 Å². The molecule has 0 spiro atoms. The van der Waals surface area contributed by atoms with Crippen LogP contribution in [0.5, 0.6) is 0 Å². The number of unbranched alkanes of at least 4 members (excludes halogenated alkanes) is 6. The van der Waals surface area contributed by atoms with Gasteiger partial charge in [-0.1, -0.05) is 97.3 Å². The van der Waals surface area contributed by atoms with Gasteiger partial charge in [-0.15, -0.1) is 0 Å². The van der Waals surface area contributed by atoms with Gasteiger partial charge in [0.2, 0.25) is 0 Å². The molecule has 17 heavy (non-hydrogen) atoms. The van der Waals surface area contributed by atoms with E-state index >= 15 is 0 Å². The van der Waals surface area contributed by atoms with Crippen molar-refractivity contribution in [2.75, 3.05) is 0 Å².